The third-order valence-corrected chi connectivity index (χ3v) is 6.25. The molecule has 0 saturated heterocycles. The Kier molecular flexibility index (Phi) is 4.70. The topological polar surface area (TPSA) is 66.5 Å². The number of hydrogen-bond donors (Lipinski definition) is 0. The van der Waals surface area contributed by atoms with Crippen LogP contribution in [0.1, 0.15) is 41.1 Å². The van der Waals surface area contributed by atoms with Crippen LogP contribution in [-0.2, 0) is 22.5 Å². The molecule has 7 nitrogen and oxygen atoms in total. The van der Waals surface area contributed by atoms with Crippen LogP contribution < -0.4 is 18.9 Å². The maximum Gasteiger partial charge on any atom is 0.315 e. The van der Waals surface area contributed by atoms with Gasteiger partial charge >= 0.3 is 5.97 Å². The highest BCUT2D eigenvalue weighted by Gasteiger charge is 2.45. The summed E-state index contributed by atoms with van der Waals surface area (Å²) in [4.78, 5) is 15.6. The first-order valence-corrected chi connectivity index (χ1v) is 10.2. The zero-order chi connectivity index (χ0) is 20.8. The second kappa shape index (κ2) is 7.40. The standard InChI is InChI=1S/C23H25NO6/c1-4-28-23(25)20-14-5-6-17(26-2)22(27-3)16(14)11-24-8-7-13-9-18-19(30-12-29-18)10-15(13)21(20)24/h5-6,9-10,20-21H,4,7-8,11-12H2,1-3H3. The Bertz CT molecular complexity index is 1000. The summed E-state index contributed by atoms with van der Waals surface area (Å²) in [6.45, 7) is 3.89. The van der Waals surface area contributed by atoms with E-state index in [4.69, 9.17) is 23.7 Å². The fourth-order valence-electron chi connectivity index (χ4n) is 4.98. The van der Waals surface area contributed by atoms with Gasteiger partial charge in [-0.2, -0.15) is 0 Å². The summed E-state index contributed by atoms with van der Waals surface area (Å²) in [5.41, 5.74) is 4.20. The number of rotatable bonds is 4. The minimum absolute atomic E-state index is 0.132. The normalized spacial score (nSPS) is 21.3. The number of nitrogens with zero attached hydrogens (tertiary/aromatic N) is 1. The molecule has 158 valence electrons. The molecule has 3 aliphatic rings. The second-order valence-electron chi connectivity index (χ2n) is 7.67. The number of fused-ring (bicyclic) bond motifs is 5. The Balaban J connectivity index is 1.68. The van der Waals surface area contributed by atoms with E-state index in [9.17, 15) is 4.79 Å². The molecule has 0 aliphatic carbocycles. The third-order valence-electron chi connectivity index (χ3n) is 6.25. The summed E-state index contributed by atoms with van der Waals surface area (Å²) in [5, 5.41) is 0. The van der Waals surface area contributed by atoms with E-state index in [1.807, 2.05) is 25.1 Å². The van der Waals surface area contributed by atoms with Crippen LogP contribution in [0.3, 0.4) is 0 Å². The molecule has 3 aliphatic heterocycles. The van der Waals surface area contributed by atoms with Gasteiger partial charge in [-0.3, -0.25) is 9.69 Å². The molecule has 0 saturated carbocycles. The van der Waals surface area contributed by atoms with Crippen molar-refractivity contribution in [2.45, 2.75) is 31.8 Å². The first kappa shape index (κ1) is 19.1. The molecule has 2 unspecified atom stereocenters. The van der Waals surface area contributed by atoms with Crippen LogP contribution in [0, 0.1) is 0 Å². The van der Waals surface area contributed by atoms with E-state index < -0.39 is 5.92 Å². The van der Waals surface area contributed by atoms with Gasteiger partial charge in [0.1, 0.15) is 5.92 Å². The summed E-state index contributed by atoms with van der Waals surface area (Å²) in [6, 6.07) is 7.79. The maximum atomic E-state index is 13.2. The maximum absolute atomic E-state index is 13.2. The lowest BCUT2D eigenvalue weighted by Gasteiger charge is -2.45. The molecule has 3 heterocycles. The van der Waals surface area contributed by atoms with Crippen LogP contribution in [0.5, 0.6) is 23.0 Å². The van der Waals surface area contributed by atoms with Gasteiger partial charge in [-0.1, -0.05) is 6.07 Å². The summed E-state index contributed by atoms with van der Waals surface area (Å²) in [7, 11) is 3.26. The zero-order valence-electron chi connectivity index (χ0n) is 17.4. The molecule has 30 heavy (non-hydrogen) atoms. The largest absolute Gasteiger partial charge is 0.493 e. The molecule has 2 aromatic carbocycles. The Morgan fingerprint density at radius 3 is 2.67 bits per heavy atom. The molecule has 5 rings (SSSR count). The fourth-order valence-corrected chi connectivity index (χ4v) is 4.98. The van der Waals surface area contributed by atoms with E-state index in [-0.39, 0.29) is 18.8 Å². The molecule has 2 atom stereocenters. The van der Waals surface area contributed by atoms with E-state index in [0.29, 0.717) is 24.7 Å². The van der Waals surface area contributed by atoms with Crippen molar-refractivity contribution in [2.75, 3.05) is 34.2 Å². The molecular formula is C23H25NO6. The van der Waals surface area contributed by atoms with E-state index >= 15 is 0 Å². The minimum Gasteiger partial charge on any atom is -0.493 e. The Hall–Kier alpha value is -2.93. The van der Waals surface area contributed by atoms with E-state index in [1.54, 1.807) is 14.2 Å². The van der Waals surface area contributed by atoms with E-state index in [1.165, 1.54) is 5.56 Å². The quantitative estimate of drug-likeness (QED) is 0.716. The van der Waals surface area contributed by atoms with Crippen LogP contribution >= 0.6 is 0 Å². The summed E-state index contributed by atoms with van der Waals surface area (Å²) >= 11 is 0. The summed E-state index contributed by atoms with van der Waals surface area (Å²) in [5.74, 6) is 2.16. The first-order valence-electron chi connectivity index (χ1n) is 10.2. The van der Waals surface area contributed by atoms with Gasteiger partial charge in [0.2, 0.25) is 6.79 Å². The van der Waals surface area contributed by atoms with Crippen molar-refractivity contribution in [1.29, 1.82) is 0 Å². The Morgan fingerprint density at radius 1 is 1.13 bits per heavy atom. The highest BCUT2D eigenvalue weighted by Crippen LogP contribution is 2.52. The lowest BCUT2D eigenvalue weighted by Crippen LogP contribution is -2.44. The van der Waals surface area contributed by atoms with Gasteiger partial charge in [-0.25, -0.2) is 0 Å². The van der Waals surface area contributed by atoms with Crippen molar-refractivity contribution in [3.8, 4) is 23.0 Å². The van der Waals surface area contributed by atoms with E-state index in [0.717, 1.165) is 41.2 Å². The van der Waals surface area contributed by atoms with Gasteiger partial charge in [0.15, 0.2) is 23.0 Å². The smallest absolute Gasteiger partial charge is 0.315 e. The Morgan fingerprint density at radius 2 is 1.93 bits per heavy atom. The SMILES string of the molecule is CCOC(=O)C1c2ccc(OC)c(OC)c2CN2CCc3cc4c(cc3C12)OCO4. The van der Waals surface area contributed by atoms with Crippen LogP contribution in [0.15, 0.2) is 24.3 Å². The molecule has 0 aromatic heterocycles. The van der Waals surface area contributed by atoms with Crippen LogP contribution in [0.2, 0.25) is 0 Å². The van der Waals surface area contributed by atoms with Gasteiger partial charge < -0.3 is 23.7 Å². The predicted molar refractivity (Wildman–Crippen MR) is 108 cm³/mol. The molecular weight excluding hydrogens is 386 g/mol. The average molecular weight is 411 g/mol. The lowest BCUT2D eigenvalue weighted by molar-refractivity contribution is -0.147. The van der Waals surface area contributed by atoms with Crippen molar-refractivity contribution >= 4 is 5.97 Å². The van der Waals surface area contributed by atoms with Crippen molar-refractivity contribution in [3.05, 3.63) is 46.5 Å². The van der Waals surface area contributed by atoms with Gasteiger partial charge in [-0.15, -0.1) is 0 Å². The number of esters is 1. The summed E-state index contributed by atoms with van der Waals surface area (Å²) < 4.78 is 27.9. The Labute approximate surface area is 175 Å². The van der Waals surface area contributed by atoms with Crippen molar-refractivity contribution in [3.63, 3.8) is 0 Å². The second-order valence-corrected chi connectivity index (χ2v) is 7.67. The molecule has 0 radical (unpaired) electrons. The molecule has 0 N–H and O–H groups in total. The molecule has 2 aromatic rings. The zero-order valence-corrected chi connectivity index (χ0v) is 17.4. The van der Waals surface area contributed by atoms with Crippen molar-refractivity contribution in [1.82, 2.24) is 4.90 Å². The number of ether oxygens (including phenoxy) is 5. The average Bonchev–Trinajstić information content (AvgIpc) is 3.22. The highest BCUT2D eigenvalue weighted by atomic mass is 16.7. The monoisotopic (exact) mass is 411 g/mol. The number of carbonyl (C=O) groups is 1. The van der Waals surface area contributed by atoms with Gasteiger partial charge in [0.25, 0.3) is 0 Å². The molecule has 0 fully saturated rings. The van der Waals surface area contributed by atoms with E-state index in [2.05, 4.69) is 11.0 Å². The molecule has 0 spiro atoms. The minimum atomic E-state index is -0.465. The molecule has 7 heteroatoms. The van der Waals surface area contributed by atoms with Gasteiger partial charge in [0.05, 0.1) is 26.9 Å². The van der Waals surface area contributed by atoms with Gasteiger partial charge in [0, 0.05) is 18.7 Å². The number of carbonyl (C=O) groups excluding carboxylic acids is 1. The predicted octanol–water partition coefficient (Wildman–Crippen LogP) is 3.19. The molecule has 0 amide bonds. The van der Waals surface area contributed by atoms with Crippen LogP contribution in [0.25, 0.3) is 0 Å². The van der Waals surface area contributed by atoms with Crippen LogP contribution in [-0.4, -0.2) is 45.0 Å². The first-order chi connectivity index (χ1) is 14.7. The number of benzene rings is 2. The third kappa shape index (κ3) is 2.80. The number of hydrogen-bond acceptors (Lipinski definition) is 7. The summed E-state index contributed by atoms with van der Waals surface area (Å²) in [6.07, 6.45) is 0.875. The van der Waals surface area contributed by atoms with Crippen molar-refractivity contribution in [2.24, 2.45) is 0 Å². The lowest BCUT2D eigenvalue weighted by atomic mass is 9.76. The van der Waals surface area contributed by atoms with Crippen molar-refractivity contribution < 1.29 is 28.5 Å². The molecule has 0 bridgehead atoms. The van der Waals surface area contributed by atoms with Crippen LogP contribution in [0.4, 0.5) is 0 Å². The van der Waals surface area contributed by atoms with Gasteiger partial charge in [-0.05, 0) is 48.2 Å². The highest BCUT2D eigenvalue weighted by molar-refractivity contribution is 5.82. The number of methoxy groups -OCH3 is 2. The fraction of sp³-hybridized carbons (Fsp3) is 0.435.